The van der Waals surface area contributed by atoms with E-state index in [2.05, 4.69) is 5.32 Å². The summed E-state index contributed by atoms with van der Waals surface area (Å²) >= 11 is 0. The van der Waals surface area contributed by atoms with Crippen molar-refractivity contribution in [2.24, 2.45) is 0 Å². The zero-order valence-corrected chi connectivity index (χ0v) is 13.7. The number of anilines is 1. The van der Waals surface area contributed by atoms with Gasteiger partial charge in [0.05, 0.1) is 4.92 Å². The van der Waals surface area contributed by atoms with E-state index in [1.165, 1.54) is 12.1 Å². The number of carbonyl (C=O) groups is 1. The molecule has 26 heavy (non-hydrogen) atoms. The highest BCUT2D eigenvalue weighted by atomic mass is 16.6. The minimum Gasteiger partial charge on any atom is -0.445 e. The molecule has 0 spiro atoms. The third-order valence-corrected chi connectivity index (χ3v) is 3.63. The Morgan fingerprint density at radius 1 is 1.23 bits per heavy atom. The van der Waals surface area contributed by atoms with Gasteiger partial charge in [0, 0.05) is 29.9 Å². The van der Waals surface area contributed by atoms with Gasteiger partial charge in [-0.2, -0.15) is 0 Å². The van der Waals surface area contributed by atoms with Crippen molar-refractivity contribution in [1.82, 2.24) is 5.32 Å². The molecule has 9 nitrogen and oxygen atoms in total. The van der Waals surface area contributed by atoms with E-state index in [9.17, 15) is 25.1 Å². The van der Waals surface area contributed by atoms with Gasteiger partial charge >= 0.3 is 6.09 Å². The van der Waals surface area contributed by atoms with Gasteiger partial charge in [-0.05, 0) is 11.6 Å². The van der Waals surface area contributed by atoms with E-state index < -0.39 is 23.2 Å². The zero-order valence-electron chi connectivity index (χ0n) is 13.7. The molecule has 2 atom stereocenters. The minimum absolute atomic E-state index is 0.00570. The number of non-ortho nitro benzene ring substituents is 1. The van der Waals surface area contributed by atoms with Gasteiger partial charge in [0.25, 0.3) is 5.69 Å². The lowest BCUT2D eigenvalue weighted by Crippen LogP contribution is -2.36. The first-order valence-electron chi connectivity index (χ1n) is 7.73. The lowest BCUT2D eigenvalue weighted by atomic mass is 10.0. The molecule has 1 amide bonds. The number of hydrogen-bond donors (Lipinski definition) is 4. The largest absolute Gasteiger partial charge is 0.445 e. The molecule has 0 saturated carbocycles. The lowest BCUT2D eigenvalue weighted by Gasteiger charge is -2.19. The smallest absolute Gasteiger partial charge is 0.407 e. The second-order valence-corrected chi connectivity index (χ2v) is 5.53. The topological polar surface area (TPSA) is 148 Å². The number of nitrogens with one attached hydrogen (secondary N) is 1. The van der Waals surface area contributed by atoms with Crippen LogP contribution in [-0.4, -0.2) is 33.9 Å². The standard InChI is InChI=1S/C17H19N3O6/c18-14-7-6-12(20(24)25)8-13(14)16(22)15(21)9-19-17(23)26-10-11-4-2-1-3-5-11/h1-8,15-16,21-22H,9-10,18H2,(H,19,23). The summed E-state index contributed by atoms with van der Waals surface area (Å²) in [7, 11) is 0. The highest BCUT2D eigenvalue weighted by Crippen LogP contribution is 2.27. The first-order chi connectivity index (χ1) is 12.4. The average molecular weight is 361 g/mol. The molecular formula is C17H19N3O6. The maximum absolute atomic E-state index is 11.7. The summed E-state index contributed by atoms with van der Waals surface area (Å²) < 4.78 is 4.98. The van der Waals surface area contributed by atoms with Gasteiger partial charge in [-0.15, -0.1) is 0 Å². The Hall–Kier alpha value is -3.17. The summed E-state index contributed by atoms with van der Waals surface area (Å²) in [6.07, 6.45) is -3.71. The van der Waals surface area contributed by atoms with Crippen molar-refractivity contribution >= 4 is 17.5 Å². The third-order valence-electron chi connectivity index (χ3n) is 3.63. The summed E-state index contributed by atoms with van der Waals surface area (Å²) in [5.74, 6) is 0. The summed E-state index contributed by atoms with van der Waals surface area (Å²) in [6.45, 7) is -0.264. The van der Waals surface area contributed by atoms with E-state index in [4.69, 9.17) is 10.5 Å². The Bertz CT molecular complexity index is 768. The van der Waals surface area contributed by atoms with Crippen molar-refractivity contribution in [2.45, 2.75) is 18.8 Å². The second-order valence-electron chi connectivity index (χ2n) is 5.53. The molecule has 138 valence electrons. The van der Waals surface area contributed by atoms with Gasteiger partial charge in [-0.3, -0.25) is 10.1 Å². The Kier molecular flexibility index (Phi) is 6.48. The molecule has 0 aromatic heterocycles. The number of hydrogen-bond acceptors (Lipinski definition) is 7. The van der Waals surface area contributed by atoms with Crippen LogP contribution in [0, 0.1) is 10.1 Å². The number of aliphatic hydroxyl groups is 2. The van der Waals surface area contributed by atoms with Gasteiger partial charge < -0.3 is 26.0 Å². The highest BCUT2D eigenvalue weighted by molar-refractivity contribution is 5.67. The number of amides is 1. The number of benzene rings is 2. The summed E-state index contributed by atoms with van der Waals surface area (Å²) in [5, 5.41) is 33.3. The molecule has 0 saturated heterocycles. The Morgan fingerprint density at radius 3 is 2.58 bits per heavy atom. The SMILES string of the molecule is Nc1ccc([N+](=O)[O-])cc1C(O)C(O)CNC(=O)OCc1ccccc1. The Balaban J connectivity index is 1.88. The highest BCUT2D eigenvalue weighted by Gasteiger charge is 2.23. The molecule has 0 bridgehead atoms. The maximum atomic E-state index is 11.7. The number of nitro benzene ring substituents is 1. The molecular weight excluding hydrogens is 342 g/mol. The van der Waals surface area contributed by atoms with Crippen LogP contribution in [0.5, 0.6) is 0 Å². The van der Waals surface area contributed by atoms with Crippen molar-refractivity contribution in [2.75, 3.05) is 12.3 Å². The number of nitrogens with zero attached hydrogens (tertiary/aromatic N) is 1. The predicted molar refractivity (Wildman–Crippen MR) is 93.1 cm³/mol. The van der Waals surface area contributed by atoms with Crippen molar-refractivity contribution in [1.29, 1.82) is 0 Å². The molecule has 0 aliphatic rings. The molecule has 2 rings (SSSR count). The van der Waals surface area contributed by atoms with Crippen molar-refractivity contribution in [3.8, 4) is 0 Å². The number of nitro groups is 1. The lowest BCUT2D eigenvalue weighted by molar-refractivity contribution is -0.385. The molecule has 0 fully saturated rings. The maximum Gasteiger partial charge on any atom is 0.407 e. The Labute approximate surface area is 149 Å². The number of aliphatic hydroxyl groups excluding tert-OH is 2. The van der Waals surface area contributed by atoms with Crippen molar-refractivity contribution in [3.63, 3.8) is 0 Å². The molecule has 0 aliphatic carbocycles. The normalized spacial score (nSPS) is 12.8. The van der Waals surface area contributed by atoms with Crippen LogP contribution < -0.4 is 11.1 Å². The fourth-order valence-electron chi connectivity index (χ4n) is 2.21. The molecule has 9 heteroatoms. The summed E-state index contributed by atoms with van der Waals surface area (Å²) in [4.78, 5) is 21.8. The van der Waals surface area contributed by atoms with Crippen molar-refractivity contribution < 1.29 is 24.7 Å². The van der Waals surface area contributed by atoms with Crippen LogP contribution in [0.2, 0.25) is 0 Å². The third kappa shape index (κ3) is 5.16. The first-order valence-corrected chi connectivity index (χ1v) is 7.73. The van der Waals surface area contributed by atoms with E-state index in [1.807, 2.05) is 6.07 Å². The number of nitrogens with two attached hydrogens (primary N) is 1. The number of rotatable bonds is 7. The van der Waals surface area contributed by atoms with Crippen LogP contribution in [0.15, 0.2) is 48.5 Å². The summed E-state index contributed by atoms with van der Waals surface area (Å²) in [6, 6.07) is 12.6. The summed E-state index contributed by atoms with van der Waals surface area (Å²) in [5.41, 5.74) is 6.32. The van der Waals surface area contributed by atoms with Crippen LogP contribution >= 0.6 is 0 Å². The number of alkyl carbamates (subject to hydrolysis) is 1. The van der Waals surface area contributed by atoms with E-state index in [0.717, 1.165) is 11.6 Å². The van der Waals surface area contributed by atoms with Gasteiger partial charge in [-0.25, -0.2) is 4.79 Å². The first kappa shape index (κ1) is 19.2. The number of nitrogen functional groups attached to an aromatic ring is 1. The van der Waals surface area contributed by atoms with E-state index >= 15 is 0 Å². The predicted octanol–water partition coefficient (Wildman–Crippen LogP) is 1.50. The zero-order chi connectivity index (χ0) is 19.1. The van der Waals surface area contributed by atoms with Gasteiger partial charge in [0.15, 0.2) is 0 Å². The van der Waals surface area contributed by atoms with E-state index in [0.29, 0.717) is 0 Å². The van der Waals surface area contributed by atoms with Crippen molar-refractivity contribution in [3.05, 3.63) is 69.8 Å². The van der Waals surface area contributed by atoms with Crippen LogP contribution in [0.3, 0.4) is 0 Å². The molecule has 0 radical (unpaired) electrons. The number of ether oxygens (including phenoxy) is 1. The molecule has 5 N–H and O–H groups in total. The van der Waals surface area contributed by atoms with E-state index in [1.54, 1.807) is 24.3 Å². The average Bonchev–Trinajstić information content (AvgIpc) is 2.64. The monoisotopic (exact) mass is 361 g/mol. The quantitative estimate of drug-likeness (QED) is 0.332. The van der Waals surface area contributed by atoms with Gasteiger partial charge in [0.1, 0.15) is 18.8 Å². The second kappa shape index (κ2) is 8.79. The molecule has 2 unspecified atom stereocenters. The molecule has 2 aromatic carbocycles. The number of carbonyl (C=O) groups excluding carboxylic acids is 1. The van der Waals surface area contributed by atoms with Crippen LogP contribution in [0.1, 0.15) is 17.2 Å². The Morgan fingerprint density at radius 2 is 1.92 bits per heavy atom. The fourth-order valence-corrected chi connectivity index (χ4v) is 2.21. The van der Waals surface area contributed by atoms with Crippen LogP contribution in [0.4, 0.5) is 16.2 Å². The molecule has 0 aliphatic heterocycles. The fraction of sp³-hybridized carbons (Fsp3) is 0.235. The van der Waals surface area contributed by atoms with Gasteiger partial charge in [-0.1, -0.05) is 30.3 Å². The van der Waals surface area contributed by atoms with E-state index in [-0.39, 0.29) is 30.1 Å². The van der Waals surface area contributed by atoms with Crippen LogP contribution in [-0.2, 0) is 11.3 Å². The van der Waals surface area contributed by atoms with Crippen LogP contribution in [0.25, 0.3) is 0 Å². The minimum atomic E-state index is -1.51. The van der Waals surface area contributed by atoms with Gasteiger partial charge in [0.2, 0.25) is 0 Å². The molecule has 2 aromatic rings. The molecule has 0 heterocycles.